The summed E-state index contributed by atoms with van der Waals surface area (Å²) in [5, 5.41) is 12.2. The molecule has 1 saturated carbocycles. The number of aliphatic carboxylic acids is 1. The van der Waals surface area contributed by atoms with Gasteiger partial charge in [0.1, 0.15) is 0 Å². The zero-order valence-electron chi connectivity index (χ0n) is 11.2. The molecule has 2 N–H and O–H groups in total. The number of carbonyl (C=O) groups is 2. The Morgan fingerprint density at radius 3 is 2.90 bits per heavy atom. The fourth-order valence-corrected chi connectivity index (χ4v) is 2.29. The second-order valence-electron chi connectivity index (χ2n) is 5.02. The van der Waals surface area contributed by atoms with Gasteiger partial charge < -0.3 is 15.3 Å². The molecule has 2 atom stereocenters. The van der Waals surface area contributed by atoms with Crippen LogP contribution in [0.2, 0.25) is 5.02 Å². The maximum Gasteiger partial charge on any atom is 0.317 e. The van der Waals surface area contributed by atoms with E-state index in [4.69, 9.17) is 16.7 Å². The minimum absolute atomic E-state index is 0.0493. The first-order valence-corrected chi connectivity index (χ1v) is 6.84. The molecule has 1 fully saturated rings. The van der Waals surface area contributed by atoms with Gasteiger partial charge in [-0.05, 0) is 24.1 Å². The lowest BCUT2D eigenvalue weighted by Gasteiger charge is -2.17. The first kappa shape index (κ1) is 14.7. The monoisotopic (exact) mass is 296 g/mol. The summed E-state index contributed by atoms with van der Waals surface area (Å²) in [4.78, 5) is 23.7. The Labute approximate surface area is 122 Å². The van der Waals surface area contributed by atoms with Crippen molar-refractivity contribution in [3.8, 4) is 0 Å². The minimum Gasteiger partial charge on any atom is -0.481 e. The quantitative estimate of drug-likeness (QED) is 0.876. The molecule has 0 spiro atoms. The van der Waals surface area contributed by atoms with Crippen LogP contribution in [0.4, 0.5) is 4.79 Å². The van der Waals surface area contributed by atoms with E-state index < -0.39 is 5.97 Å². The Balaban J connectivity index is 1.81. The Bertz CT molecular complexity index is 521. The van der Waals surface area contributed by atoms with Crippen LogP contribution in [0.3, 0.4) is 0 Å². The molecule has 1 aliphatic rings. The largest absolute Gasteiger partial charge is 0.481 e. The van der Waals surface area contributed by atoms with Gasteiger partial charge in [-0.15, -0.1) is 0 Å². The predicted molar refractivity (Wildman–Crippen MR) is 76.0 cm³/mol. The van der Waals surface area contributed by atoms with E-state index in [1.54, 1.807) is 7.05 Å². The van der Waals surface area contributed by atoms with Crippen molar-refractivity contribution in [2.45, 2.75) is 24.8 Å². The number of benzene rings is 1. The van der Waals surface area contributed by atoms with E-state index in [2.05, 4.69) is 5.32 Å². The first-order chi connectivity index (χ1) is 9.47. The molecule has 0 unspecified atom stereocenters. The zero-order chi connectivity index (χ0) is 14.7. The molecule has 108 valence electrons. The molecule has 1 aliphatic carbocycles. The maximum atomic E-state index is 11.8. The number of hydrogen-bond acceptors (Lipinski definition) is 2. The third kappa shape index (κ3) is 3.87. The SMILES string of the molecule is CN(CCC(=O)O)C(=O)N[C@@H]1C[C@H]1c1cccc(Cl)c1. The van der Waals surface area contributed by atoms with Gasteiger partial charge in [-0.3, -0.25) is 4.79 Å². The molecule has 0 aromatic heterocycles. The number of nitrogens with one attached hydrogen (secondary N) is 1. The number of carboxylic acids is 1. The smallest absolute Gasteiger partial charge is 0.317 e. The van der Waals surface area contributed by atoms with E-state index in [0.29, 0.717) is 10.9 Å². The summed E-state index contributed by atoms with van der Waals surface area (Å²) in [6.45, 7) is 0.204. The predicted octanol–water partition coefficient (Wildman–Crippen LogP) is 2.31. The summed E-state index contributed by atoms with van der Waals surface area (Å²) in [6, 6.07) is 7.49. The molecule has 0 saturated heterocycles. The Morgan fingerprint density at radius 2 is 2.25 bits per heavy atom. The van der Waals surface area contributed by atoms with Crippen molar-refractivity contribution in [2.75, 3.05) is 13.6 Å². The van der Waals surface area contributed by atoms with Crippen LogP contribution < -0.4 is 5.32 Å². The van der Waals surface area contributed by atoms with Crippen molar-refractivity contribution in [2.24, 2.45) is 0 Å². The molecule has 20 heavy (non-hydrogen) atoms. The molecule has 0 heterocycles. The first-order valence-electron chi connectivity index (χ1n) is 6.46. The lowest BCUT2D eigenvalue weighted by molar-refractivity contribution is -0.137. The number of amides is 2. The Hall–Kier alpha value is -1.75. The molecule has 0 radical (unpaired) electrons. The summed E-state index contributed by atoms with van der Waals surface area (Å²) >= 11 is 5.94. The van der Waals surface area contributed by atoms with Crippen molar-refractivity contribution < 1.29 is 14.7 Å². The summed E-state index contributed by atoms with van der Waals surface area (Å²) < 4.78 is 0. The molecule has 0 bridgehead atoms. The van der Waals surface area contributed by atoms with Crippen molar-refractivity contribution in [1.82, 2.24) is 10.2 Å². The number of urea groups is 1. The maximum absolute atomic E-state index is 11.8. The van der Waals surface area contributed by atoms with Gasteiger partial charge >= 0.3 is 12.0 Å². The van der Waals surface area contributed by atoms with E-state index in [1.165, 1.54) is 4.90 Å². The van der Waals surface area contributed by atoms with Gasteiger partial charge in [0.15, 0.2) is 0 Å². The summed E-state index contributed by atoms with van der Waals surface area (Å²) in [5.74, 6) is -0.613. The molecule has 2 amide bonds. The fourth-order valence-electron chi connectivity index (χ4n) is 2.09. The highest BCUT2D eigenvalue weighted by Gasteiger charge is 2.40. The molecule has 5 nitrogen and oxygen atoms in total. The second-order valence-corrected chi connectivity index (χ2v) is 5.45. The summed E-state index contributed by atoms with van der Waals surface area (Å²) in [7, 11) is 1.59. The van der Waals surface area contributed by atoms with Crippen LogP contribution in [0, 0.1) is 0 Å². The lowest BCUT2D eigenvalue weighted by atomic mass is 10.1. The average Bonchev–Trinajstić information content (AvgIpc) is 3.15. The number of halogens is 1. The van der Waals surface area contributed by atoms with Gasteiger partial charge in [0.05, 0.1) is 6.42 Å². The molecule has 1 aromatic rings. The normalized spacial score (nSPS) is 20.3. The van der Waals surface area contributed by atoms with Crippen LogP contribution in [0.5, 0.6) is 0 Å². The zero-order valence-corrected chi connectivity index (χ0v) is 11.9. The topological polar surface area (TPSA) is 69.6 Å². The van der Waals surface area contributed by atoms with Crippen LogP contribution in [0.1, 0.15) is 24.3 Å². The number of rotatable bonds is 5. The molecular weight excluding hydrogens is 280 g/mol. The Morgan fingerprint density at radius 1 is 1.50 bits per heavy atom. The lowest BCUT2D eigenvalue weighted by Crippen LogP contribution is -2.39. The number of carbonyl (C=O) groups excluding carboxylic acids is 1. The minimum atomic E-state index is -0.909. The van der Waals surface area contributed by atoms with Crippen molar-refractivity contribution in [1.29, 1.82) is 0 Å². The average molecular weight is 297 g/mol. The molecule has 2 rings (SSSR count). The molecular formula is C14H17ClN2O3. The summed E-state index contributed by atoms with van der Waals surface area (Å²) in [5.41, 5.74) is 1.12. The second kappa shape index (κ2) is 6.13. The van der Waals surface area contributed by atoms with E-state index in [-0.39, 0.29) is 25.0 Å². The highest BCUT2D eigenvalue weighted by Crippen LogP contribution is 2.41. The number of hydrogen-bond donors (Lipinski definition) is 2. The van der Waals surface area contributed by atoms with Gasteiger partial charge in [0, 0.05) is 30.6 Å². The standard InChI is InChI=1S/C14H17ClN2O3/c1-17(6-5-13(18)19)14(20)16-12-8-11(12)9-3-2-4-10(15)7-9/h2-4,7,11-12H,5-6,8H2,1H3,(H,16,20)(H,18,19)/t11-,12+/m0/s1. The van der Waals surface area contributed by atoms with Crippen molar-refractivity contribution >= 4 is 23.6 Å². The van der Waals surface area contributed by atoms with E-state index in [0.717, 1.165) is 12.0 Å². The van der Waals surface area contributed by atoms with Crippen LogP contribution in [0.15, 0.2) is 24.3 Å². The van der Waals surface area contributed by atoms with E-state index in [9.17, 15) is 9.59 Å². The Kier molecular flexibility index (Phi) is 4.49. The van der Waals surface area contributed by atoms with Gasteiger partial charge in [-0.1, -0.05) is 23.7 Å². The van der Waals surface area contributed by atoms with Gasteiger partial charge in [-0.2, -0.15) is 0 Å². The highest BCUT2D eigenvalue weighted by atomic mass is 35.5. The third-order valence-electron chi connectivity index (χ3n) is 3.38. The van der Waals surface area contributed by atoms with E-state index >= 15 is 0 Å². The highest BCUT2D eigenvalue weighted by molar-refractivity contribution is 6.30. The molecule has 6 heteroatoms. The van der Waals surface area contributed by atoms with Crippen LogP contribution >= 0.6 is 11.6 Å². The fraction of sp³-hybridized carbons (Fsp3) is 0.429. The molecule has 1 aromatic carbocycles. The van der Waals surface area contributed by atoms with Crippen LogP contribution in [-0.2, 0) is 4.79 Å². The van der Waals surface area contributed by atoms with Crippen molar-refractivity contribution in [3.63, 3.8) is 0 Å². The number of carboxylic acid groups (broad SMARTS) is 1. The van der Waals surface area contributed by atoms with Crippen LogP contribution in [0.25, 0.3) is 0 Å². The molecule has 0 aliphatic heterocycles. The van der Waals surface area contributed by atoms with Gasteiger partial charge in [0.2, 0.25) is 0 Å². The van der Waals surface area contributed by atoms with Crippen molar-refractivity contribution in [3.05, 3.63) is 34.9 Å². The van der Waals surface area contributed by atoms with E-state index in [1.807, 2.05) is 24.3 Å². The van der Waals surface area contributed by atoms with Gasteiger partial charge in [-0.25, -0.2) is 4.79 Å². The van der Waals surface area contributed by atoms with Gasteiger partial charge in [0.25, 0.3) is 0 Å². The van der Waals surface area contributed by atoms with Crippen LogP contribution in [-0.4, -0.2) is 41.6 Å². The number of nitrogens with zero attached hydrogens (tertiary/aromatic N) is 1. The third-order valence-corrected chi connectivity index (χ3v) is 3.62. The summed E-state index contributed by atoms with van der Waals surface area (Å²) in [6.07, 6.45) is 0.838.